The van der Waals surface area contributed by atoms with Gasteiger partial charge in [-0.05, 0) is 30.2 Å². The minimum Gasteiger partial charge on any atom is -0.479 e. The molecule has 128 valence electrons. The summed E-state index contributed by atoms with van der Waals surface area (Å²) in [6, 6.07) is 14.5. The molecule has 2 rings (SSSR count). The predicted molar refractivity (Wildman–Crippen MR) is 86.0 cm³/mol. The average molecular weight is 358 g/mol. The van der Waals surface area contributed by atoms with Crippen LogP contribution in [0.2, 0.25) is 5.02 Å². The van der Waals surface area contributed by atoms with Crippen LogP contribution in [0.1, 0.15) is 6.92 Å². The smallest absolute Gasteiger partial charge is 0.405 e. The van der Waals surface area contributed by atoms with E-state index in [1.54, 1.807) is 23.5 Å². The lowest BCUT2D eigenvalue weighted by atomic mass is 10.1. The topological polar surface area (TPSA) is 38.3 Å². The molecule has 0 saturated heterocycles. The molecule has 7 heteroatoms. The van der Waals surface area contributed by atoms with Crippen molar-refractivity contribution in [2.24, 2.45) is 0 Å². The molecular weight excluding hydrogens is 343 g/mol. The molecule has 0 aliphatic carbocycles. The van der Waals surface area contributed by atoms with Crippen molar-refractivity contribution in [2.75, 3.05) is 6.54 Å². The molecular formula is C17H15ClF3NO2. The molecule has 1 atom stereocenters. The van der Waals surface area contributed by atoms with Gasteiger partial charge in [0, 0.05) is 0 Å². The van der Waals surface area contributed by atoms with E-state index >= 15 is 0 Å². The van der Waals surface area contributed by atoms with E-state index in [2.05, 4.69) is 0 Å². The van der Waals surface area contributed by atoms with Crippen LogP contribution in [0, 0.1) is 0 Å². The quantitative estimate of drug-likeness (QED) is 0.858. The van der Waals surface area contributed by atoms with Crippen molar-refractivity contribution in [1.82, 2.24) is 5.32 Å². The molecule has 24 heavy (non-hydrogen) atoms. The average Bonchev–Trinajstić information content (AvgIpc) is 2.54. The van der Waals surface area contributed by atoms with Gasteiger partial charge in [-0.15, -0.1) is 0 Å². The molecule has 0 spiro atoms. The van der Waals surface area contributed by atoms with Crippen molar-refractivity contribution in [3.05, 3.63) is 53.6 Å². The second-order valence-corrected chi connectivity index (χ2v) is 5.51. The number of halogens is 4. The molecule has 1 N–H and O–H groups in total. The Labute approximate surface area is 142 Å². The first-order valence-corrected chi connectivity index (χ1v) is 7.50. The summed E-state index contributed by atoms with van der Waals surface area (Å²) in [5.74, 6) is -0.637. The molecule has 0 aromatic heterocycles. The van der Waals surface area contributed by atoms with Gasteiger partial charge in [0.1, 0.15) is 12.3 Å². The van der Waals surface area contributed by atoms with Gasteiger partial charge in [-0.3, -0.25) is 4.79 Å². The van der Waals surface area contributed by atoms with Crippen LogP contribution in [0.3, 0.4) is 0 Å². The maximum Gasteiger partial charge on any atom is 0.405 e. The van der Waals surface area contributed by atoms with Gasteiger partial charge in [0.05, 0.1) is 5.02 Å². The van der Waals surface area contributed by atoms with Gasteiger partial charge in [0.2, 0.25) is 0 Å². The third-order valence-corrected chi connectivity index (χ3v) is 3.47. The molecule has 2 aromatic rings. The fourth-order valence-electron chi connectivity index (χ4n) is 1.98. The molecule has 0 aliphatic heterocycles. The fraction of sp³-hybridized carbons (Fsp3) is 0.235. The highest BCUT2D eigenvalue weighted by Gasteiger charge is 2.29. The summed E-state index contributed by atoms with van der Waals surface area (Å²) < 4.78 is 41.6. The normalized spacial score (nSPS) is 12.5. The van der Waals surface area contributed by atoms with E-state index in [4.69, 9.17) is 16.3 Å². The van der Waals surface area contributed by atoms with E-state index in [1.807, 2.05) is 30.3 Å². The summed E-state index contributed by atoms with van der Waals surface area (Å²) in [6.07, 6.45) is -5.57. The molecule has 0 radical (unpaired) electrons. The summed E-state index contributed by atoms with van der Waals surface area (Å²) in [6.45, 7) is -0.0483. The number of rotatable bonds is 5. The van der Waals surface area contributed by atoms with E-state index in [0.717, 1.165) is 11.1 Å². The van der Waals surface area contributed by atoms with E-state index in [-0.39, 0.29) is 10.8 Å². The lowest BCUT2D eigenvalue weighted by Crippen LogP contribution is -2.41. The molecule has 1 amide bonds. The SMILES string of the molecule is C[C@@H](Oc1ccc(-c2ccccc2)cc1Cl)C(=O)NCC(F)(F)F. The van der Waals surface area contributed by atoms with E-state index in [1.165, 1.54) is 6.92 Å². The maximum absolute atomic E-state index is 12.1. The summed E-state index contributed by atoms with van der Waals surface area (Å²) in [5.41, 5.74) is 1.82. The number of hydrogen-bond donors (Lipinski definition) is 1. The molecule has 0 unspecified atom stereocenters. The summed E-state index contributed by atoms with van der Waals surface area (Å²) in [5, 5.41) is 2.04. The van der Waals surface area contributed by atoms with E-state index < -0.39 is 24.7 Å². The zero-order valence-corrected chi connectivity index (χ0v) is 13.5. The van der Waals surface area contributed by atoms with Crippen LogP contribution < -0.4 is 10.1 Å². The number of hydrogen-bond acceptors (Lipinski definition) is 2. The van der Waals surface area contributed by atoms with Gasteiger partial charge in [0.15, 0.2) is 6.10 Å². The van der Waals surface area contributed by atoms with Gasteiger partial charge in [0.25, 0.3) is 5.91 Å². The fourth-order valence-corrected chi connectivity index (χ4v) is 2.21. The van der Waals surface area contributed by atoms with Gasteiger partial charge in [-0.25, -0.2) is 0 Å². The van der Waals surface area contributed by atoms with Gasteiger partial charge < -0.3 is 10.1 Å². The number of carbonyl (C=O) groups excluding carboxylic acids is 1. The first-order chi connectivity index (χ1) is 11.3. The van der Waals surface area contributed by atoms with Crippen LogP contribution in [0.25, 0.3) is 11.1 Å². The summed E-state index contributed by atoms with van der Waals surface area (Å²) in [7, 11) is 0. The minimum absolute atomic E-state index is 0.228. The number of benzene rings is 2. The standard InChI is InChI=1S/C17H15ClF3NO2/c1-11(16(23)22-10-17(19,20)21)24-15-8-7-13(9-14(15)18)12-5-3-2-4-6-12/h2-9,11H,10H2,1H3,(H,22,23)/t11-/m1/s1. The predicted octanol–water partition coefficient (Wildman–Crippen LogP) is 4.45. The Hall–Kier alpha value is -2.21. The van der Waals surface area contributed by atoms with Crippen LogP contribution >= 0.6 is 11.6 Å². The molecule has 0 bridgehead atoms. The highest BCUT2D eigenvalue weighted by molar-refractivity contribution is 6.32. The van der Waals surface area contributed by atoms with Gasteiger partial charge in [-0.2, -0.15) is 13.2 Å². The zero-order valence-electron chi connectivity index (χ0n) is 12.7. The lowest BCUT2D eigenvalue weighted by molar-refractivity contribution is -0.142. The number of carbonyl (C=O) groups is 1. The molecule has 2 aromatic carbocycles. The van der Waals surface area contributed by atoms with Crippen LogP contribution in [-0.4, -0.2) is 24.7 Å². The first kappa shape index (κ1) is 18.1. The third kappa shape index (κ3) is 5.16. The largest absolute Gasteiger partial charge is 0.479 e. The highest BCUT2D eigenvalue weighted by atomic mass is 35.5. The number of amides is 1. The van der Waals surface area contributed by atoms with Gasteiger partial charge >= 0.3 is 6.18 Å². The Kier molecular flexibility index (Phi) is 5.72. The van der Waals surface area contributed by atoms with Crippen molar-refractivity contribution in [3.63, 3.8) is 0 Å². The van der Waals surface area contributed by atoms with Gasteiger partial charge in [-0.1, -0.05) is 48.0 Å². The molecule has 0 aliphatic rings. The summed E-state index contributed by atoms with van der Waals surface area (Å²) in [4.78, 5) is 11.6. The van der Waals surface area contributed by atoms with Crippen LogP contribution in [-0.2, 0) is 4.79 Å². The second-order valence-electron chi connectivity index (χ2n) is 5.10. The van der Waals surface area contributed by atoms with Crippen molar-refractivity contribution in [2.45, 2.75) is 19.2 Å². The minimum atomic E-state index is -4.47. The molecule has 0 fully saturated rings. The monoisotopic (exact) mass is 357 g/mol. The lowest BCUT2D eigenvalue weighted by Gasteiger charge is -2.17. The zero-order chi connectivity index (χ0) is 17.7. The van der Waals surface area contributed by atoms with Crippen LogP contribution in [0.15, 0.2) is 48.5 Å². The third-order valence-electron chi connectivity index (χ3n) is 3.18. The Morgan fingerprint density at radius 3 is 2.42 bits per heavy atom. The maximum atomic E-state index is 12.1. The van der Waals surface area contributed by atoms with Crippen molar-refractivity contribution in [3.8, 4) is 16.9 Å². The number of alkyl halides is 3. The van der Waals surface area contributed by atoms with Crippen molar-refractivity contribution in [1.29, 1.82) is 0 Å². The first-order valence-electron chi connectivity index (χ1n) is 7.12. The van der Waals surface area contributed by atoms with Crippen molar-refractivity contribution < 1.29 is 22.7 Å². The van der Waals surface area contributed by atoms with E-state index in [0.29, 0.717) is 0 Å². The summed E-state index contributed by atoms with van der Waals surface area (Å²) >= 11 is 6.14. The number of nitrogens with one attached hydrogen (secondary N) is 1. The molecule has 0 heterocycles. The highest BCUT2D eigenvalue weighted by Crippen LogP contribution is 2.31. The Balaban J connectivity index is 2.04. The number of ether oxygens (including phenoxy) is 1. The Bertz CT molecular complexity index is 705. The van der Waals surface area contributed by atoms with Crippen LogP contribution in [0.4, 0.5) is 13.2 Å². The Morgan fingerprint density at radius 2 is 1.83 bits per heavy atom. The molecule has 0 saturated carbocycles. The van der Waals surface area contributed by atoms with Crippen molar-refractivity contribution >= 4 is 17.5 Å². The Morgan fingerprint density at radius 1 is 1.17 bits per heavy atom. The van der Waals surface area contributed by atoms with E-state index in [9.17, 15) is 18.0 Å². The van der Waals surface area contributed by atoms with Crippen LogP contribution in [0.5, 0.6) is 5.75 Å². The second kappa shape index (κ2) is 7.57. The molecule has 3 nitrogen and oxygen atoms in total.